The van der Waals surface area contributed by atoms with Gasteiger partial charge in [0.05, 0.1) is 28.7 Å². The molecule has 0 radical (unpaired) electrons. The number of pyridine rings is 1. The van der Waals surface area contributed by atoms with Gasteiger partial charge in [-0.2, -0.15) is 31.4 Å². The van der Waals surface area contributed by atoms with Crippen LogP contribution in [0.25, 0.3) is 10.8 Å². The fourth-order valence-corrected chi connectivity index (χ4v) is 3.12. The zero-order chi connectivity index (χ0) is 25.3. The molecule has 1 amide bonds. The Balaban J connectivity index is 2.00. The highest BCUT2D eigenvalue weighted by Gasteiger charge is 2.32. The predicted octanol–water partition coefficient (Wildman–Crippen LogP) is 3.29. The monoisotopic (exact) mass is 486 g/mol. The third-order valence-electron chi connectivity index (χ3n) is 4.70. The molecule has 0 spiro atoms. The highest BCUT2D eigenvalue weighted by atomic mass is 19.4. The van der Waals surface area contributed by atoms with E-state index in [1.165, 1.54) is 18.3 Å². The minimum Gasteiger partial charge on any atom is -0.323 e. The van der Waals surface area contributed by atoms with Gasteiger partial charge in [0.25, 0.3) is 5.56 Å². The van der Waals surface area contributed by atoms with E-state index in [1.54, 1.807) is 0 Å². The summed E-state index contributed by atoms with van der Waals surface area (Å²) in [5, 5.41) is 20.3. The molecule has 2 aromatic heterocycles. The van der Waals surface area contributed by atoms with Crippen LogP contribution in [-0.2, 0) is 23.9 Å². The van der Waals surface area contributed by atoms with Crippen LogP contribution in [0.3, 0.4) is 0 Å². The number of amides is 1. The summed E-state index contributed by atoms with van der Waals surface area (Å²) in [5.74, 6) is -0.808. The SMILES string of the molecule is N=Cn1cc(NC(=O)Cn2nc(CCC(F)(F)F)c3cc(C(F)(F)F)ccc3c2=O)ccc1=N. The number of carbonyl (C=O) groups excluding carboxylic acids is 1. The summed E-state index contributed by atoms with van der Waals surface area (Å²) >= 11 is 0. The van der Waals surface area contributed by atoms with Gasteiger partial charge in [0.2, 0.25) is 5.91 Å². The zero-order valence-corrected chi connectivity index (χ0v) is 17.1. The Labute approximate surface area is 186 Å². The number of nitrogens with zero attached hydrogens (tertiary/aromatic N) is 3. The molecule has 8 nitrogen and oxygen atoms in total. The molecule has 0 bridgehead atoms. The van der Waals surface area contributed by atoms with Crippen LogP contribution in [-0.4, -0.2) is 32.8 Å². The van der Waals surface area contributed by atoms with Crippen LogP contribution in [0.2, 0.25) is 0 Å². The first-order chi connectivity index (χ1) is 15.8. The fraction of sp³-hybridized carbons (Fsp3) is 0.250. The lowest BCUT2D eigenvalue weighted by Crippen LogP contribution is -2.31. The molecule has 0 aliphatic heterocycles. The Kier molecular flexibility index (Phi) is 6.61. The highest BCUT2D eigenvalue weighted by molar-refractivity contribution is 5.91. The number of hydrogen-bond acceptors (Lipinski definition) is 5. The lowest BCUT2D eigenvalue weighted by Gasteiger charge is -2.14. The number of alkyl halides is 6. The summed E-state index contributed by atoms with van der Waals surface area (Å²) in [6.45, 7) is -0.734. The van der Waals surface area contributed by atoms with Crippen molar-refractivity contribution in [1.82, 2.24) is 14.3 Å². The van der Waals surface area contributed by atoms with Gasteiger partial charge in [-0.25, -0.2) is 4.68 Å². The van der Waals surface area contributed by atoms with E-state index in [2.05, 4.69) is 10.4 Å². The van der Waals surface area contributed by atoms with Crippen molar-refractivity contribution in [3.8, 4) is 0 Å². The van der Waals surface area contributed by atoms with E-state index >= 15 is 0 Å². The van der Waals surface area contributed by atoms with Crippen LogP contribution >= 0.6 is 0 Å². The van der Waals surface area contributed by atoms with Crippen molar-refractivity contribution >= 4 is 28.7 Å². The Bertz CT molecular complexity index is 1370. The fourth-order valence-electron chi connectivity index (χ4n) is 3.12. The Morgan fingerprint density at radius 3 is 2.41 bits per heavy atom. The minimum atomic E-state index is -4.79. The lowest BCUT2D eigenvalue weighted by atomic mass is 10.0. The van der Waals surface area contributed by atoms with E-state index in [0.717, 1.165) is 17.0 Å². The first-order valence-corrected chi connectivity index (χ1v) is 9.53. The quantitative estimate of drug-likeness (QED) is 0.282. The first kappa shape index (κ1) is 24.7. The van der Waals surface area contributed by atoms with Gasteiger partial charge in [-0.1, -0.05) is 0 Å². The number of fused-ring (bicyclic) bond motifs is 1. The number of anilines is 1. The van der Waals surface area contributed by atoms with E-state index in [1.807, 2.05) is 0 Å². The molecular formula is C20H16F6N6O2. The van der Waals surface area contributed by atoms with E-state index in [4.69, 9.17) is 10.8 Å². The number of halogens is 6. The van der Waals surface area contributed by atoms with E-state index in [0.29, 0.717) is 16.8 Å². The number of hydrogen-bond donors (Lipinski definition) is 3. The maximum Gasteiger partial charge on any atom is 0.416 e. The molecule has 0 unspecified atom stereocenters. The summed E-state index contributed by atoms with van der Waals surface area (Å²) in [5.41, 5.74) is -2.41. The summed E-state index contributed by atoms with van der Waals surface area (Å²) in [6, 6.07) is 4.67. The molecule has 0 atom stereocenters. The van der Waals surface area contributed by atoms with Gasteiger partial charge in [0.1, 0.15) is 12.0 Å². The molecule has 34 heavy (non-hydrogen) atoms. The third-order valence-corrected chi connectivity index (χ3v) is 4.70. The second-order valence-corrected chi connectivity index (χ2v) is 7.17. The topological polar surface area (TPSA) is 117 Å². The highest BCUT2D eigenvalue weighted by Crippen LogP contribution is 2.32. The maximum absolute atomic E-state index is 13.1. The zero-order valence-electron chi connectivity index (χ0n) is 17.1. The van der Waals surface area contributed by atoms with Gasteiger partial charge in [0.15, 0.2) is 0 Å². The molecule has 3 N–H and O–H groups in total. The largest absolute Gasteiger partial charge is 0.416 e. The van der Waals surface area contributed by atoms with Crippen molar-refractivity contribution in [1.29, 1.82) is 10.8 Å². The van der Waals surface area contributed by atoms with Crippen LogP contribution in [0, 0.1) is 10.8 Å². The number of rotatable bonds is 6. The van der Waals surface area contributed by atoms with Crippen molar-refractivity contribution < 1.29 is 31.1 Å². The normalized spacial score (nSPS) is 12.1. The summed E-state index contributed by atoms with van der Waals surface area (Å²) in [7, 11) is 0. The van der Waals surface area contributed by atoms with Crippen LogP contribution in [0.1, 0.15) is 17.7 Å². The molecule has 0 fully saturated rings. The first-order valence-electron chi connectivity index (χ1n) is 9.53. The molecule has 0 aliphatic carbocycles. The van der Waals surface area contributed by atoms with Crippen LogP contribution in [0.15, 0.2) is 41.3 Å². The molecular weight excluding hydrogens is 470 g/mol. The molecule has 1 aromatic carbocycles. The molecule has 0 saturated carbocycles. The second-order valence-electron chi connectivity index (χ2n) is 7.17. The number of benzene rings is 1. The Hall–Kier alpha value is -3.97. The number of nitrogens with one attached hydrogen (secondary N) is 3. The van der Waals surface area contributed by atoms with Gasteiger partial charge in [-0.15, -0.1) is 0 Å². The smallest absolute Gasteiger partial charge is 0.323 e. The van der Waals surface area contributed by atoms with Crippen LogP contribution in [0.5, 0.6) is 0 Å². The molecule has 0 saturated heterocycles. The van der Waals surface area contributed by atoms with Crippen molar-refractivity contribution in [2.24, 2.45) is 0 Å². The molecule has 3 aromatic rings. The maximum atomic E-state index is 13.1. The molecule has 14 heteroatoms. The summed E-state index contributed by atoms with van der Waals surface area (Å²) in [6.07, 6.45) is -9.53. The van der Waals surface area contributed by atoms with Crippen LogP contribution < -0.4 is 16.4 Å². The standard InChI is InChI=1S/C20H16F6N6O2/c21-19(22,23)6-5-15-14-7-11(20(24,25)26)1-3-13(14)18(34)32(30-15)9-17(33)29-12-2-4-16(28)31(8-12)10-27/h1-4,7-8,10,27-28H,5-6,9H2,(H,29,33). The van der Waals surface area contributed by atoms with Crippen LogP contribution in [0.4, 0.5) is 32.0 Å². The van der Waals surface area contributed by atoms with E-state index < -0.39 is 54.5 Å². The number of carbonyl (C=O) groups is 1. The third kappa shape index (κ3) is 5.68. The molecule has 180 valence electrons. The molecule has 3 rings (SSSR count). The molecule has 0 aliphatic rings. The van der Waals surface area contributed by atoms with Crippen molar-refractivity contribution in [3.63, 3.8) is 0 Å². The number of aromatic nitrogens is 3. The Morgan fingerprint density at radius 2 is 1.79 bits per heavy atom. The average Bonchev–Trinajstić information content (AvgIpc) is 2.74. The van der Waals surface area contributed by atoms with Gasteiger partial charge in [-0.05, 0) is 30.3 Å². The Morgan fingerprint density at radius 1 is 1.09 bits per heavy atom. The van der Waals surface area contributed by atoms with Crippen molar-refractivity contribution in [2.75, 3.05) is 5.32 Å². The minimum absolute atomic E-state index is 0.0482. The lowest BCUT2D eigenvalue weighted by molar-refractivity contribution is -0.137. The number of aryl methyl sites for hydroxylation is 1. The predicted molar refractivity (Wildman–Crippen MR) is 108 cm³/mol. The van der Waals surface area contributed by atoms with Gasteiger partial charge >= 0.3 is 12.4 Å². The summed E-state index contributed by atoms with van der Waals surface area (Å²) in [4.78, 5) is 25.2. The van der Waals surface area contributed by atoms with E-state index in [9.17, 15) is 35.9 Å². The van der Waals surface area contributed by atoms with Crippen molar-refractivity contribution in [3.05, 3.63) is 63.6 Å². The average molecular weight is 486 g/mol. The van der Waals surface area contributed by atoms with Gasteiger partial charge in [-0.3, -0.25) is 25.0 Å². The second kappa shape index (κ2) is 9.11. The van der Waals surface area contributed by atoms with Crippen molar-refractivity contribution in [2.45, 2.75) is 31.7 Å². The van der Waals surface area contributed by atoms with Gasteiger partial charge in [0, 0.05) is 24.4 Å². The van der Waals surface area contributed by atoms with E-state index in [-0.39, 0.29) is 21.9 Å². The molecule has 2 heterocycles. The van der Waals surface area contributed by atoms with Gasteiger partial charge < -0.3 is 5.32 Å². The summed E-state index contributed by atoms with van der Waals surface area (Å²) < 4.78 is 79.2.